The van der Waals surface area contributed by atoms with Crippen molar-refractivity contribution in [1.82, 2.24) is 0 Å². The van der Waals surface area contributed by atoms with E-state index in [-0.39, 0.29) is 12.4 Å². The number of hydrogen-bond donors (Lipinski definition) is 0. The Balaban J connectivity index is 0.00000208. The zero-order chi connectivity index (χ0) is 16.2. The molecule has 3 rings (SSSR count). The Morgan fingerprint density at radius 3 is 1.32 bits per heavy atom. The molecule has 2 heteroatoms. The second-order valence-corrected chi connectivity index (χ2v) is 9.34. The summed E-state index contributed by atoms with van der Waals surface area (Å²) in [5.74, 6) is 6.28. The van der Waals surface area contributed by atoms with Crippen LogP contribution in [0.3, 0.4) is 0 Å². The first-order valence-electron chi connectivity index (χ1n) is 10.8. The van der Waals surface area contributed by atoms with E-state index in [1.807, 2.05) is 0 Å². The first-order valence-corrected chi connectivity index (χ1v) is 10.8. The molecule has 0 aromatic heterocycles. The molecule has 150 valence electrons. The third-order valence-electron chi connectivity index (χ3n) is 8.08. The molecule has 0 heterocycles. The molecule has 25 heavy (non-hydrogen) atoms. The van der Waals surface area contributed by atoms with Crippen LogP contribution >= 0.6 is 0 Å². The van der Waals surface area contributed by atoms with Gasteiger partial charge in [-0.05, 0) is 114 Å². The molecule has 3 saturated carbocycles. The van der Waals surface area contributed by atoms with Crippen molar-refractivity contribution in [2.75, 3.05) is 0 Å². The Hall–Kier alpha value is -0.340. The zero-order valence-electron chi connectivity index (χ0n) is 17.0. The Labute approximate surface area is 158 Å². The fourth-order valence-electron chi connectivity index (χ4n) is 6.13. The predicted octanol–water partition coefficient (Wildman–Crippen LogP) is 5.99. The van der Waals surface area contributed by atoms with Gasteiger partial charge in [-0.2, -0.15) is 0 Å². The summed E-state index contributed by atoms with van der Waals surface area (Å²) < 4.78 is 0. The van der Waals surface area contributed by atoms with Crippen LogP contribution < -0.4 is 0 Å². The maximum absolute atomic E-state index is 2.46. The maximum atomic E-state index is 2.46. The average molecular weight is 355 g/mol. The van der Waals surface area contributed by atoms with Crippen LogP contribution in [0.1, 0.15) is 99.2 Å². The topological polar surface area (TPSA) is 63.0 Å². The van der Waals surface area contributed by atoms with Crippen molar-refractivity contribution >= 4 is 0 Å². The molecule has 2 nitrogen and oxygen atoms in total. The third kappa shape index (κ3) is 5.82. The van der Waals surface area contributed by atoms with Gasteiger partial charge in [0.05, 0.1) is 0 Å². The van der Waals surface area contributed by atoms with E-state index in [1.165, 1.54) is 38.5 Å². The van der Waals surface area contributed by atoms with Crippen LogP contribution in [0.2, 0.25) is 0 Å². The van der Waals surface area contributed by atoms with Gasteiger partial charge in [0.1, 0.15) is 0 Å². The minimum Gasteiger partial charge on any atom is -0.412 e. The molecule has 0 unspecified atom stereocenters. The quantitative estimate of drug-likeness (QED) is 0.559. The lowest BCUT2D eigenvalue weighted by molar-refractivity contribution is 0.109. The van der Waals surface area contributed by atoms with Gasteiger partial charge in [0.2, 0.25) is 0 Å². The standard InChI is InChI=1S/C23H40.2H2O.H2/c1-4-18(3)19-9-11-21(12-10-19)23-15-13-22(14-16-23)20-7-5-17(2)6-8-20;;;/h4,17,19-23H,5-16H2,1-3H3;2*1H2;1H/b18-4+;;;. The summed E-state index contributed by atoms with van der Waals surface area (Å²) in [7, 11) is 0. The smallest absolute Gasteiger partial charge is 0 e. The molecule has 0 aliphatic heterocycles. The molecule has 0 aromatic rings. The predicted molar refractivity (Wildman–Crippen MR) is 111 cm³/mol. The van der Waals surface area contributed by atoms with Crippen molar-refractivity contribution in [1.29, 1.82) is 0 Å². The summed E-state index contributed by atoms with van der Waals surface area (Å²) >= 11 is 0. The van der Waals surface area contributed by atoms with Gasteiger partial charge in [-0.1, -0.05) is 31.4 Å². The highest BCUT2D eigenvalue weighted by atomic mass is 16.0. The molecule has 0 radical (unpaired) electrons. The van der Waals surface area contributed by atoms with Crippen molar-refractivity contribution in [2.45, 2.75) is 97.8 Å². The first kappa shape index (κ1) is 22.7. The van der Waals surface area contributed by atoms with Gasteiger partial charge in [-0.25, -0.2) is 0 Å². The van der Waals surface area contributed by atoms with Crippen LogP contribution in [0, 0.1) is 35.5 Å². The molecule has 3 aliphatic rings. The number of hydrogen-bond acceptors (Lipinski definition) is 0. The largest absolute Gasteiger partial charge is 0.412 e. The van der Waals surface area contributed by atoms with E-state index in [4.69, 9.17) is 0 Å². The van der Waals surface area contributed by atoms with E-state index in [0.29, 0.717) is 0 Å². The lowest BCUT2D eigenvalue weighted by Crippen LogP contribution is -2.29. The molecule has 0 aromatic carbocycles. The maximum Gasteiger partial charge on any atom is 0 e. The van der Waals surface area contributed by atoms with Gasteiger partial charge in [0, 0.05) is 1.43 Å². The van der Waals surface area contributed by atoms with Gasteiger partial charge < -0.3 is 11.0 Å². The minimum absolute atomic E-state index is 0. The Morgan fingerprint density at radius 2 is 0.960 bits per heavy atom. The van der Waals surface area contributed by atoms with E-state index >= 15 is 0 Å². The van der Waals surface area contributed by atoms with Crippen LogP contribution in [-0.4, -0.2) is 11.0 Å². The van der Waals surface area contributed by atoms with Gasteiger partial charge in [0.25, 0.3) is 0 Å². The lowest BCUT2D eigenvalue weighted by Gasteiger charge is -2.41. The van der Waals surface area contributed by atoms with Crippen LogP contribution in [0.4, 0.5) is 0 Å². The van der Waals surface area contributed by atoms with Gasteiger partial charge in [0.15, 0.2) is 0 Å². The normalized spacial score (nSPS) is 39.9. The fraction of sp³-hybridized carbons (Fsp3) is 0.913. The molecule has 0 saturated heterocycles. The molecule has 3 fully saturated rings. The van der Waals surface area contributed by atoms with E-state index in [9.17, 15) is 0 Å². The molecular weight excluding hydrogens is 308 g/mol. The summed E-state index contributed by atoms with van der Waals surface area (Å²) in [4.78, 5) is 0. The van der Waals surface area contributed by atoms with Crippen molar-refractivity contribution in [2.24, 2.45) is 35.5 Å². The van der Waals surface area contributed by atoms with Crippen LogP contribution in [0.25, 0.3) is 0 Å². The highest BCUT2D eigenvalue weighted by Crippen LogP contribution is 2.46. The van der Waals surface area contributed by atoms with E-state index in [2.05, 4.69) is 26.8 Å². The summed E-state index contributed by atoms with van der Waals surface area (Å²) in [6.07, 6.45) is 20.7. The van der Waals surface area contributed by atoms with Crippen molar-refractivity contribution in [3.05, 3.63) is 11.6 Å². The highest BCUT2D eigenvalue weighted by Gasteiger charge is 2.34. The molecular formula is C23H46O2. The Kier molecular flexibility index (Phi) is 9.74. The molecule has 3 aliphatic carbocycles. The van der Waals surface area contributed by atoms with Crippen LogP contribution in [0.5, 0.6) is 0 Å². The van der Waals surface area contributed by atoms with E-state index < -0.39 is 0 Å². The third-order valence-corrected chi connectivity index (χ3v) is 8.08. The monoisotopic (exact) mass is 354 g/mol. The number of rotatable bonds is 3. The highest BCUT2D eigenvalue weighted by molar-refractivity contribution is 5.03. The summed E-state index contributed by atoms with van der Waals surface area (Å²) in [5.41, 5.74) is 1.65. The molecule has 0 atom stereocenters. The number of allylic oxidation sites excluding steroid dienone is 2. The van der Waals surface area contributed by atoms with E-state index in [0.717, 1.165) is 35.5 Å². The molecule has 4 N–H and O–H groups in total. The zero-order valence-corrected chi connectivity index (χ0v) is 17.0. The lowest BCUT2D eigenvalue weighted by atomic mass is 9.65. The molecule has 0 spiro atoms. The summed E-state index contributed by atoms with van der Waals surface area (Å²) in [5, 5.41) is 0. The van der Waals surface area contributed by atoms with Crippen molar-refractivity contribution < 1.29 is 12.4 Å². The van der Waals surface area contributed by atoms with Gasteiger partial charge in [-0.15, -0.1) is 0 Å². The summed E-state index contributed by atoms with van der Waals surface area (Å²) in [6.45, 7) is 7.02. The average Bonchev–Trinajstić information content (AvgIpc) is 2.62. The fourth-order valence-corrected chi connectivity index (χ4v) is 6.13. The van der Waals surface area contributed by atoms with Gasteiger partial charge >= 0.3 is 0 Å². The van der Waals surface area contributed by atoms with Crippen molar-refractivity contribution in [3.63, 3.8) is 0 Å². The second kappa shape index (κ2) is 10.7. The molecule has 0 amide bonds. The second-order valence-electron chi connectivity index (χ2n) is 9.34. The Bertz CT molecular complexity index is 385. The van der Waals surface area contributed by atoms with Crippen molar-refractivity contribution in [3.8, 4) is 0 Å². The van der Waals surface area contributed by atoms with E-state index in [1.54, 1.807) is 44.1 Å². The SMILES string of the molecule is C/C=C(\C)C1CCC(C2CCC(C3CCC(C)CC3)CC2)CC1.O.O.[HH]. The van der Waals surface area contributed by atoms with Crippen LogP contribution in [0.15, 0.2) is 11.6 Å². The Morgan fingerprint density at radius 1 is 0.640 bits per heavy atom. The van der Waals surface area contributed by atoms with Gasteiger partial charge in [-0.3, -0.25) is 0 Å². The van der Waals surface area contributed by atoms with Crippen LogP contribution in [-0.2, 0) is 0 Å². The first-order chi connectivity index (χ1) is 11.2. The minimum atomic E-state index is 0. The molecule has 0 bridgehead atoms. The summed E-state index contributed by atoms with van der Waals surface area (Å²) in [6, 6.07) is 0.